The number of carbonyl (C=O) groups excluding carboxylic acids is 1. The summed E-state index contributed by atoms with van der Waals surface area (Å²) in [4.78, 5) is 17.6. The number of imidazole rings is 1. The summed E-state index contributed by atoms with van der Waals surface area (Å²) in [7, 11) is 0. The third-order valence-corrected chi connectivity index (χ3v) is 5.10. The van der Waals surface area contributed by atoms with Crippen molar-refractivity contribution in [3.63, 3.8) is 0 Å². The molecule has 148 valence electrons. The van der Waals surface area contributed by atoms with E-state index in [-0.39, 0.29) is 17.8 Å². The molecule has 0 bridgehead atoms. The third kappa shape index (κ3) is 4.24. The molecule has 0 aliphatic carbocycles. The topological polar surface area (TPSA) is 46.9 Å². The summed E-state index contributed by atoms with van der Waals surface area (Å²) in [5.41, 5.74) is 5.12. The van der Waals surface area contributed by atoms with Crippen molar-refractivity contribution in [2.75, 3.05) is 6.54 Å². The maximum absolute atomic E-state index is 13.3. The van der Waals surface area contributed by atoms with Gasteiger partial charge in [-0.1, -0.05) is 26.0 Å². The quantitative estimate of drug-likeness (QED) is 0.672. The molecule has 1 atom stereocenters. The SMILES string of the molecule is Cc1cc2nc(Cc3ccc(F)cc3)n([C@H](C)C(=O)NCC(C)C)c2cc1C. The average Bonchev–Trinajstić information content (AvgIpc) is 2.98. The standard InChI is InChI=1S/C23H28FN3O/c1-14(2)13-25-23(28)17(5)27-21-11-16(4)15(3)10-20(21)26-22(27)12-18-6-8-19(24)9-7-18/h6-11,14,17H,12-13H2,1-5H3,(H,25,28)/t17-/m1/s1. The molecule has 0 unspecified atom stereocenters. The van der Waals surface area contributed by atoms with Crippen LogP contribution in [0.15, 0.2) is 36.4 Å². The zero-order chi connectivity index (χ0) is 20.4. The Morgan fingerprint density at radius 1 is 1.11 bits per heavy atom. The Kier molecular flexibility index (Phi) is 5.82. The van der Waals surface area contributed by atoms with Gasteiger partial charge in [0.1, 0.15) is 17.7 Å². The maximum atomic E-state index is 13.3. The maximum Gasteiger partial charge on any atom is 0.242 e. The number of aryl methyl sites for hydroxylation is 2. The molecule has 3 rings (SSSR count). The van der Waals surface area contributed by atoms with Gasteiger partial charge in [0, 0.05) is 13.0 Å². The fourth-order valence-electron chi connectivity index (χ4n) is 3.31. The highest BCUT2D eigenvalue weighted by Crippen LogP contribution is 2.26. The monoisotopic (exact) mass is 381 g/mol. The van der Waals surface area contributed by atoms with Crippen LogP contribution in [-0.2, 0) is 11.2 Å². The number of rotatable bonds is 6. The third-order valence-electron chi connectivity index (χ3n) is 5.10. The van der Waals surface area contributed by atoms with E-state index in [1.54, 1.807) is 12.1 Å². The van der Waals surface area contributed by atoms with Crippen LogP contribution in [0.2, 0.25) is 0 Å². The number of benzene rings is 2. The molecule has 2 aromatic carbocycles. The molecule has 0 aliphatic rings. The summed E-state index contributed by atoms with van der Waals surface area (Å²) in [6.45, 7) is 10.8. The van der Waals surface area contributed by atoms with Crippen LogP contribution in [0.25, 0.3) is 11.0 Å². The minimum absolute atomic E-state index is 0.0217. The first-order valence-corrected chi connectivity index (χ1v) is 9.76. The van der Waals surface area contributed by atoms with E-state index in [9.17, 15) is 9.18 Å². The van der Waals surface area contributed by atoms with Crippen LogP contribution >= 0.6 is 0 Å². The van der Waals surface area contributed by atoms with Gasteiger partial charge in [-0.25, -0.2) is 9.37 Å². The van der Waals surface area contributed by atoms with Crippen molar-refractivity contribution in [1.29, 1.82) is 0 Å². The number of aromatic nitrogens is 2. The van der Waals surface area contributed by atoms with Gasteiger partial charge in [0.15, 0.2) is 0 Å². The highest BCUT2D eigenvalue weighted by Gasteiger charge is 2.22. The van der Waals surface area contributed by atoms with Crippen LogP contribution in [-0.4, -0.2) is 22.0 Å². The Hall–Kier alpha value is -2.69. The van der Waals surface area contributed by atoms with Crippen molar-refractivity contribution in [3.8, 4) is 0 Å². The summed E-state index contributed by atoms with van der Waals surface area (Å²) in [6.07, 6.45) is 0.537. The molecule has 0 saturated carbocycles. The molecular formula is C23H28FN3O. The average molecular weight is 381 g/mol. The number of halogens is 1. The minimum atomic E-state index is -0.388. The zero-order valence-electron chi connectivity index (χ0n) is 17.2. The number of amides is 1. The lowest BCUT2D eigenvalue weighted by molar-refractivity contribution is -0.124. The van der Waals surface area contributed by atoms with Gasteiger partial charge >= 0.3 is 0 Å². The molecule has 0 spiro atoms. The molecule has 1 heterocycles. The van der Waals surface area contributed by atoms with Gasteiger partial charge in [-0.15, -0.1) is 0 Å². The number of hydrogen-bond acceptors (Lipinski definition) is 2. The second kappa shape index (κ2) is 8.13. The van der Waals surface area contributed by atoms with Crippen LogP contribution in [0.3, 0.4) is 0 Å². The van der Waals surface area contributed by atoms with Crippen molar-refractivity contribution in [1.82, 2.24) is 14.9 Å². The molecular weight excluding hydrogens is 353 g/mol. The summed E-state index contributed by atoms with van der Waals surface area (Å²) < 4.78 is 15.3. The molecule has 1 N–H and O–H groups in total. The van der Waals surface area contributed by atoms with Crippen molar-refractivity contribution >= 4 is 16.9 Å². The van der Waals surface area contributed by atoms with Crippen LogP contribution < -0.4 is 5.32 Å². The Balaban J connectivity index is 2.04. The largest absolute Gasteiger partial charge is 0.354 e. The van der Waals surface area contributed by atoms with Gasteiger partial charge in [-0.3, -0.25) is 4.79 Å². The van der Waals surface area contributed by atoms with E-state index < -0.39 is 0 Å². The number of hydrogen-bond donors (Lipinski definition) is 1. The Morgan fingerprint density at radius 3 is 2.39 bits per heavy atom. The van der Waals surface area contributed by atoms with E-state index >= 15 is 0 Å². The molecule has 0 radical (unpaired) electrons. The number of nitrogens with zero attached hydrogens (tertiary/aromatic N) is 2. The molecule has 1 aromatic heterocycles. The second-order valence-corrected chi connectivity index (χ2v) is 7.94. The van der Waals surface area contributed by atoms with E-state index in [2.05, 4.69) is 45.1 Å². The van der Waals surface area contributed by atoms with E-state index in [0.29, 0.717) is 18.9 Å². The number of nitrogens with one attached hydrogen (secondary N) is 1. The van der Waals surface area contributed by atoms with Crippen molar-refractivity contribution in [2.45, 2.75) is 47.1 Å². The molecule has 0 fully saturated rings. The zero-order valence-corrected chi connectivity index (χ0v) is 17.2. The van der Waals surface area contributed by atoms with Gasteiger partial charge in [-0.2, -0.15) is 0 Å². The van der Waals surface area contributed by atoms with Crippen LogP contribution in [0, 0.1) is 25.6 Å². The van der Waals surface area contributed by atoms with Gasteiger partial charge in [-0.05, 0) is 67.6 Å². The highest BCUT2D eigenvalue weighted by atomic mass is 19.1. The summed E-state index contributed by atoms with van der Waals surface area (Å²) >= 11 is 0. The number of carbonyl (C=O) groups is 1. The van der Waals surface area contributed by atoms with Gasteiger partial charge in [0.25, 0.3) is 0 Å². The van der Waals surface area contributed by atoms with Crippen LogP contribution in [0.4, 0.5) is 4.39 Å². The molecule has 0 aliphatic heterocycles. The first-order valence-electron chi connectivity index (χ1n) is 9.76. The summed E-state index contributed by atoms with van der Waals surface area (Å²) in [6, 6.07) is 10.2. The van der Waals surface area contributed by atoms with Crippen molar-refractivity contribution in [3.05, 3.63) is 64.7 Å². The lowest BCUT2D eigenvalue weighted by Crippen LogP contribution is -2.34. The van der Waals surface area contributed by atoms with E-state index in [1.807, 2.05) is 11.5 Å². The molecule has 0 saturated heterocycles. The predicted molar refractivity (Wildman–Crippen MR) is 111 cm³/mol. The van der Waals surface area contributed by atoms with E-state index in [4.69, 9.17) is 4.98 Å². The lowest BCUT2D eigenvalue weighted by atomic mass is 10.1. The Labute approximate surface area is 165 Å². The Bertz CT molecular complexity index is 989. The lowest BCUT2D eigenvalue weighted by Gasteiger charge is -2.19. The summed E-state index contributed by atoms with van der Waals surface area (Å²) in [5.74, 6) is 0.912. The molecule has 28 heavy (non-hydrogen) atoms. The normalized spacial score (nSPS) is 12.5. The molecule has 1 amide bonds. The predicted octanol–water partition coefficient (Wildman–Crippen LogP) is 4.72. The van der Waals surface area contributed by atoms with Crippen LogP contribution in [0.1, 0.15) is 49.3 Å². The minimum Gasteiger partial charge on any atom is -0.354 e. The smallest absolute Gasteiger partial charge is 0.242 e. The van der Waals surface area contributed by atoms with Crippen LogP contribution in [0.5, 0.6) is 0 Å². The second-order valence-electron chi connectivity index (χ2n) is 7.94. The van der Waals surface area contributed by atoms with E-state index in [1.165, 1.54) is 17.7 Å². The fraction of sp³-hybridized carbons (Fsp3) is 0.391. The first kappa shape index (κ1) is 20.1. The van der Waals surface area contributed by atoms with Gasteiger partial charge in [0.05, 0.1) is 11.0 Å². The fourth-order valence-corrected chi connectivity index (χ4v) is 3.31. The van der Waals surface area contributed by atoms with Gasteiger partial charge < -0.3 is 9.88 Å². The summed E-state index contributed by atoms with van der Waals surface area (Å²) in [5, 5.41) is 3.02. The molecule has 3 aromatic rings. The van der Waals surface area contributed by atoms with Crippen molar-refractivity contribution in [2.24, 2.45) is 5.92 Å². The molecule has 4 nitrogen and oxygen atoms in total. The Morgan fingerprint density at radius 2 is 1.75 bits per heavy atom. The van der Waals surface area contributed by atoms with E-state index in [0.717, 1.165) is 28.0 Å². The molecule has 5 heteroatoms. The highest BCUT2D eigenvalue weighted by molar-refractivity contribution is 5.84. The van der Waals surface area contributed by atoms with Gasteiger partial charge in [0.2, 0.25) is 5.91 Å². The first-order chi connectivity index (χ1) is 13.3. The van der Waals surface area contributed by atoms with Crippen molar-refractivity contribution < 1.29 is 9.18 Å². The number of fused-ring (bicyclic) bond motifs is 1.